The molecule has 1 amide bonds. The summed E-state index contributed by atoms with van der Waals surface area (Å²) >= 11 is 4.50. The highest BCUT2D eigenvalue weighted by Gasteiger charge is 2.34. The summed E-state index contributed by atoms with van der Waals surface area (Å²) in [5, 5.41) is 0. The predicted octanol–water partition coefficient (Wildman–Crippen LogP) is 1.40. The average molecular weight is 420 g/mol. The Hall–Kier alpha value is 0.170. The van der Waals surface area contributed by atoms with Crippen LogP contribution in [0, 0.1) is 0 Å². The van der Waals surface area contributed by atoms with E-state index in [2.05, 4.69) is 50.6 Å². The van der Waals surface area contributed by atoms with E-state index in [1.54, 1.807) is 19.3 Å². The van der Waals surface area contributed by atoms with E-state index in [0.717, 1.165) is 5.76 Å². The Labute approximate surface area is 110 Å². The summed E-state index contributed by atoms with van der Waals surface area (Å²) in [6.07, 6.45) is 4.14. The van der Waals surface area contributed by atoms with Crippen LogP contribution in [-0.2, 0) is 9.53 Å². The number of amides is 1. The molecule has 0 radical (unpaired) electrons. The summed E-state index contributed by atoms with van der Waals surface area (Å²) in [4.78, 5) is 11.3. The molecule has 0 aromatic rings. The number of methoxy groups -OCH3 is 1. The molecule has 4 nitrogen and oxygen atoms in total. The fourth-order valence-electron chi connectivity index (χ4n) is 1.15. The Morgan fingerprint density at radius 2 is 2.29 bits per heavy atom. The molecule has 3 N–H and O–H groups in total. The number of carbonyl (C=O) groups is 1. The number of hydrazine groups is 1. The number of alkyl halides is 2. The maximum absolute atomic E-state index is 11.3. The number of hydrogen-bond donors (Lipinski definition) is 2. The van der Waals surface area contributed by atoms with Gasteiger partial charge in [-0.1, -0.05) is 51.3 Å². The van der Waals surface area contributed by atoms with Gasteiger partial charge in [0.25, 0.3) is 5.91 Å². The van der Waals surface area contributed by atoms with E-state index in [1.165, 1.54) is 0 Å². The fourth-order valence-corrected chi connectivity index (χ4v) is 2.77. The topological polar surface area (TPSA) is 64.3 Å². The van der Waals surface area contributed by atoms with Gasteiger partial charge in [-0.05, 0) is 6.08 Å². The first-order valence-electron chi connectivity index (χ1n) is 3.85. The highest BCUT2D eigenvalue weighted by atomic mass is 127. The Bertz CT molecular complexity index is 310. The van der Waals surface area contributed by atoms with E-state index in [4.69, 9.17) is 10.6 Å². The summed E-state index contributed by atoms with van der Waals surface area (Å²) < 4.78 is 5.00. The van der Waals surface area contributed by atoms with Crippen molar-refractivity contribution in [3.63, 3.8) is 0 Å². The lowest BCUT2D eigenvalue weighted by molar-refractivity contribution is -0.117. The molecule has 0 aromatic carbocycles. The van der Waals surface area contributed by atoms with Crippen LogP contribution in [-0.4, -0.2) is 14.4 Å². The van der Waals surface area contributed by atoms with Crippen LogP contribution in [0.4, 0.5) is 0 Å². The number of ether oxygens (including phenoxy) is 1. The van der Waals surface area contributed by atoms with Crippen LogP contribution in [0.15, 0.2) is 23.5 Å². The van der Waals surface area contributed by atoms with Crippen molar-refractivity contribution < 1.29 is 9.53 Å². The largest absolute Gasteiger partial charge is 0.499 e. The Balaban J connectivity index is 2.92. The van der Waals surface area contributed by atoms with Crippen LogP contribution in [0.3, 0.4) is 0 Å². The number of halogens is 2. The number of hydrogen-bond acceptors (Lipinski definition) is 3. The third kappa shape index (κ3) is 2.60. The number of rotatable bonds is 2. The van der Waals surface area contributed by atoms with Gasteiger partial charge in [-0.2, -0.15) is 0 Å². The summed E-state index contributed by atoms with van der Waals surface area (Å²) in [6, 6.07) is 0. The van der Waals surface area contributed by atoms with Gasteiger partial charge in [0, 0.05) is 12.0 Å². The predicted molar refractivity (Wildman–Crippen MR) is 70.9 cm³/mol. The lowest BCUT2D eigenvalue weighted by Gasteiger charge is -2.26. The Kier molecular flexibility index (Phi) is 4.19. The zero-order chi connectivity index (χ0) is 10.8. The van der Waals surface area contributed by atoms with Crippen molar-refractivity contribution in [2.75, 3.05) is 7.11 Å². The van der Waals surface area contributed by atoms with Gasteiger partial charge < -0.3 is 4.74 Å². The van der Waals surface area contributed by atoms with Crippen LogP contribution >= 0.6 is 45.2 Å². The number of carbonyl (C=O) groups excluding carboxylic acids is 1. The van der Waals surface area contributed by atoms with E-state index in [1.807, 2.05) is 0 Å². The molecule has 0 atom stereocenters. The van der Waals surface area contributed by atoms with Crippen molar-refractivity contribution in [1.82, 2.24) is 5.43 Å². The van der Waals surface area contributed by atoms with Gasteiger partial charge in [-0.25, -0.2) is 5.84 Å². The highest BCUT2D eigenvalue weighted by molar-refractivity contribution is 14.2. The molecule has 0 spiro atoms. The molecule has 1 aliphatic carbocycles. The van der Waals surface area contributed by atoms with Gasteiger partial charge in [-0.15, -0.1) is 0 Å². The normalized spacial score (nSPS) is 19.4. The monoisotopic (exact) mass is 420 g/mol. The van der Waals surface area contributed by atoms with Crippen molar-refractivity contribution in [2.45, 2.75) is 7.85 Å². The van der Waals surface area contributed by atoms with Crippen LogP contribution in [0.1, 0.15) is 6.42 Å². The first kappa shape index (κ1) is 12.2. The Morgan fingerprint density at radius 3 is 2.71 bits per heavy atom. The number of nitrogens with one attached hydrogen (secondary N) is 1. The van der Waals surface area contributed by atoms with Crippen molar-refractivity contribution in [1.29, 1.82) is 0 Å². The van der Waals surface area contributed by atoms with Crippen LogP contribution in [0.2, 0.25) is 0 Å². The lowest BCUT2D eigenvalue weighted by Crippen LogP contribution is -2.34. The maximum atomic E-state index is 11.3. The third-order valence-corrected chi connectivity index (χ3v) is 3.68. The van der Waals surface area contributed by atoms with Gasteiger partial charge >= 0.3 is 0 Å². The molecule has 0 heterocycles. The second-order valence-electron chi connectivity index (χ2n) is 2.78. The van der Waals surface area contributed by atoms with Crippen molar-refractivity contribution >= 4 is 51.1 Å². The second kappa shape index (κ2) is 4.79. The van der Waals surface area contributed by atoms with Gasteiger partial charge in [0.2, 0.25) is 0 Å². The quantitative estimate of drug-likeness (QED) is 0.234. The molecule has 14 heavy (non-hydrogen) atoms. The second-order valence-corrected chi connectivity index (χ2v) is 8.53. The minimum Gasteiger partial charge on any atom is -0.499 e. The molecule has 6 heteroatoms. The average Bonchev–Trinajstić information content (AvgIpc) is 2.15. The van der Waals surface area contributed by atoms with E-state index < -0.39 is 0 Å². The molecule has 1 aliphatic rings. The standard InChI is InChI=1S/C8H10I2N2O2/c1-14-6-3-2-5(7(13)12-11)4-8(6,9)10/h2-3H,4,11H2,1H3,(H,12,13). The first-order valence-corrected chi connectivity index (χ1v) is 6.01. The van der Waals surface area contributed by atoms with E-state index >= 15 is 0 Å². The molecule has 0 aromatic heterocycles. The molecule has 78 valence electrons. The van der Waals surface area contributed by atoms with Crippen LogP contribution in [0.5, 0.6) is 0 Å². The van der Waals surface area contributed by atoms with Crippen LogP contribution < -0.4 is 11.3 Å². The summed E-state index contributed by atoms with van der Waals surface area (Å²) in [5.74, 6) is 5.67. The molecule has 0 fully saturated rings. The zero-order valence-corrected chi connectivity index (χ0v) is 11.8. The Morgan fingerprint density at radius 1 is 1.64 bits per heavy atom. The minimum absolute atomic E-state index is 0.207. The lowest BCUT2D eigenvalue weighted by atomic mass is 10.0. The van der Waals surface area contributed by atoms with E-state index in [-0.39, 0.29) is 7.34 Å². The molecule has 0 aliphatic heterocycles. The zero-order valence-electron chi connectivity index (χ0n) is 7.51. The van der Waals surface area contributed by atoms with Crippen LogP contribution in [0.25, 0.3) is 0 Å². The summed E-state index contributed by atoms with van der Waals surface area (Å²) in [5.41, 5.74) is 2.79. The van der Waals surface area contributed by atoms with Gasteiger partial charge in [-0.3, -0.25) is 10.2 Å². The SMILES string of the molecule is COC1=CC=C(C(=O)NN)CC1(I)I. The smallest absolute Gasteiger partial charge is 0.261 e. The summed E-state index contributed by atoms with van der Waals surface area (Å²) in [7, 11) is 1.62. The molecule has 0 saturated carbocycles. The number of allylic oxidation sites excluding steroid dienone is 3. The van der Waals surface area contributed by atoms with Crippen molar-refractivity contribution in [3.8, 4) is 0 Å². The molecule has 0 unspecified atom stereocenters. The summed E-state index contributed by atoms with van der Waals surface area (Å²) in [6.45, 7) is 0. The molecular weight excluding hydrogens is 410 g/mol. The molecule has 0 bridgehead atoms. The van der Waals surface area contributed by atoms with Gasteiger partial charge in [0.1, 0.15) is 7.19 Å². The molecule has 1 rings (SSSR count). The van der Waals surface area contributed by atoms with Gasteiger partial charge in [0.15, 0.2) is 0 Å². The highest BCUT2D eigenvalue weighted by Crippen LogP contribution is 2.43. The molecule has 0 saturated heterocycles. The van der Waals surface area contributed by atoms with Gasteiger partial charge in [0.05, 0.1) is 7.11 Å². The fraction of sp³-hybridized carbons (Fsp3) is 0.375. The van der Waals surface area contributed by atoms with E-state index in [0.29, 0.717) is 12.0 Å². The number of nitrogens with two attached hydrogens (primary N) is 1. The van der Waals surface area contributed by atoms with Crippen molar-refractivity contribution in [2.24, 2.45) is 5.84 Å². The van der Waals surface area contributed by atoms with Crippen molar-refractivity contribution in [3.05, 3.63) is 23.5 Å². The molecular formula is C8H10I2N2O2. The first-order chi connectivity index (χ1) is 6.51. The minimum atomic E-state index is -0.242. The van der Waals surface area contributed by atoms with E-state index in [9.17, 15) is 4.79 Å². The third-order valence-electron chi connectivity index (χ3n) is 1.85. The maximum Gasteiger partial charge on any atom is 0.261 e.